The van der Waals surface area contributed by atoms with E-state index >= 15 is 0 Å². The maximum Gasteiger partial charge on any atom is 0.306 e. The molecule has 6 atom stereocenters. The average Bonchev–Trinajstić information content (AvgIpc) is 3.21. The number of unbranched alkanes of at least 4 members (excludes halogenated alkanes) is 21. The molecule has 0 saturated carbocycles. The predicted molar refractivity (Wildman–Crippen MR) is 229 cm³/mol. The van der Waals surface area contributed by atoms with Gasteiger partial charge in [-0.15, -0.1) is 0 Å². The molecule has 1 fully saturated rings. The van der Waals surface area contributed by atoms with E-state index in [2.05, 4.69) is 50.3 Å². The number of ether oxygens (including phenoxy) is 4. The van der Waals surface area contributed by atoms with Crippen LogP contribution in [0, 0.1) is 0 Å². The number of carbonyl (C=O) groups excluding carboxylic acids is 2. The van der Waals surface area contributed by atoms with Crippen LogP contribution in [0.3, 0.4) is 0 Å². The molecule has 10 heteroatoms. The van der Waals surface area contributed by atoms with Crippen LogP contribution >= 0.6 is 0 Å². The van der Waals surface area contributed by atoms with E-state index in [1.54, 1.807) is 0 Å². The minimum atomic E-state index is -1.60. The van der Waals surface area contributed by atoms with Crippen LogP contribution in [0.2, 0.25) is 0 Å². The molecular weight excluding hydrogens is 725 g/mol. The zero-order chi connectivity index (χ0) is 41.6. The number of aliphatic hydroxyl groups is 4. The summed E-state index contributed by atoms with van der Waals surface area (Å²) >= 11 is 0. The summed E-state index contributed by atoms with van der Waals surface area (Å²) in [6, 6.07) is 0. The topological polar surface area (TPSA) is 152 Å². The van der Waals surface area contributed by atoms with Gasteiger partial charge in [0.15, 0.2) is 12.4 Å². The first-order valence-corrected chi connectivity index (χ1v) is 23.1. The van der Waals surface area contributed by atoms with E-state index < -0.39 is 55.4 Å². The predicted octanol–water partition coefficient (Wildman–Crippen LogP) is 9.89. The van der Waals surface area contributed by atoms with Crippen molar-refractivity contribution in [3.8, 4) is 0 Å². The molecular formula is C47H84O10. The third-order valence-electron chi connectivity index (χ3n) is 10.5. The van der Waals surface area contributed by atoms with Gasteiger partial charge in [0.1, 0.15) is 31.0 Å². The Bertz CT molecular complexity index is 1030. The second kappa shape index (κ2) is 38.1. The number of rotatable bonds is 38. The maximum atomic E-state index is 12.8. The van der Waals surface area contributed by atoms with Crippen molar-refractivity contribution in [2.45, 2.75) is 230 Å². The van der Waals surface area contributed by atoms with E-state index in [1.807, 2.05) is 0 Å². The Kier molecular flexibility index (Phi) is 35.4. The minimum Gasteiger partial charge on any atom is -0.462 e. The quantitative estimate of drug-likeness (QED) is 0.0270. The van der Waals surface area contributed by atoms with E-state index in [-0.39, 0.29) is 26.1 Å². The lowest BCUT2D eigenvalue weighted by molar-refractivity contribution is -0.305. The molecule has 332 valence electrons. The lowest BCUT2D eigenvalue weighted by atomic mass is 9.99. The number of carbonyl (C=O) groups is 2. The molecule has 1 heterocycles. The van der Waals surface area contributed by atoms with E-state index in [4.69, 9.17) is 18.9 Å². The lowest BCUT2D eigenvalue weighted by Gasteiger charge is -2.39. The van der Waals surface area contributed by atoms with Crippen molar-refractivity contribution in [2.75, 3.05) is 19.8 Å². The summed E-state index contributed by atoms with van der Waals surface area (Å²) < 4.78 is 22.1. The largest absolute Gasteiger partial charge is 0.462 e. The van der Waals surface area contributed by atoms with Crippen molar-refractivity contribution in [3.05, 3.63) is 36.5 Å². The standard InChI is InChI=1S/C47H84O10/c1-3-5-7-9-11-13-15-17-19-20-22-24-26-28-30-32-34-36-43(50)56-40(39-55-47-46(53)45(52)44(51)41(37-48)57-47)38-54-42(49)35-33-31-29-27-25-23-21-18-16-14-12-10-8-6-4-2/h22-25,28,30,40-41,44-48,51-53H,3-21,26-27,29,31-39H2,1-2H3/b24-22+,25-23+,30-28+/t40-,41-,44+,45?,46?,47-/m1/s1. The zero-order valence-electron chi connectivity index (χ0n) is 36.1. The highest BCUT2D eigenvalue weighted by Gasteiger charge is 2.44. The first kappa shape index (κ1) is 52.9. The van der Waals surface area contributed by atoms with Crippen LogP contribution in [0.1, 0.15) is 194 Å². The Morgan fingerprint density at radius 1 is 0.544 bits per heavy atom. The Morgan fingerprint density at radius 2 is 1.00 bits per heavy atom. The van der Waals surface area contributed by atoms with Crippen molar-refractivity contribution in [2.24, 2.45) is 0 Å². The Morgan fingerprint density at radius 3 is 1.53 bits per heavy atom. The molecule has 2 unspecified atom stereocenters. The first-order chi connectivity index (χ1) is 27.8. The third-order valence-corrected chi connectivity index (χ3v) is 10.5. The lowest BCUT2D eigenvalue weighted by Crippen LogP contribution is -2.59. The molecule has 0 amide bonds. The van der Waals surface area contributed by atoms with E-state index in [1.165, 1.54) is 109 Å². The van der Waals surface area contributed by atoms with Gasteiger partial charge in [-0.1, -0.05) is 153 Å². The minimum absolute atomic E-state index is 0.164. The van der Waals surface area contributed by atoms with Gasteiger partial charge in [-0.2, -0.15) is 0 Å². The highest BCUT2D eigenvalue weighted by atomic mass is 16.7. The van der Waals surface area contributed by atoms with Crippen molar-refractivity contribution in [1.82, 2.24) is 0 Å². The van der Waals surface area contributed by atoms with Crippen molar-refractivity contribution >= 4 is 11.9 Å². The molecule has 0 radical (unpaired) electrons. The molecule has 0 bridgehead atoms. The number of aliphatic hydroxyl groups excluding tert-OH is 4. The molecule has 0 aromatic rings. The number of esters is 2. The number of hydrogen-bond donors (Lipinski definition) is 4. The van der Waals surface area contributed by atoms with Crippen LogP contribution in [0.15, 0.2) is 36.5 Å². The van der Waals surface area contributed by atoms with Crippen molar-refractivity contribution in [3.63, 3.8) is 0 Å². The van der Waals surface area contributed by atoms with Crippen LogP contribution in [0.25, 0.3) is 0 Å². The molecule has 57 heavy (non-hydrogen) atoms. The fourth-order valence-electron chi connectivity index (χ4n) is 6.81. The summed E-state index contributed by atoms with van der Waals surface area (Å²) in [6.07, 6.45) is 35.9. The molecule has 0 aromatic heterocycles. The van der Waals surface area contributed by atoms with Gasteiger partial charge in [0.2, 0.25) is 0 Å². The van der Waals surface area contributed by atoms with Crippen molar-refractivity contribution < 1.29 is 49.0 Å². The van der Waals surface area contributed by atoms with Gasteiger partial charge in [0, 0.05) is 12.8 Å². The highest BCUT2D eigenvalue weighted by Crippen LogP contribution is 2.22. The van der Waals surface area contributed by atoms with Gasteiger partial charge in [0.05, 0.1) is 13.2 Å². The third kappa shape index (κ3) is 29.7. The highest BCUT2D eigenvalue weighted by molar-refractivity contribution is 5.70. The van der Waals surface area contributed by atoms with Gasteiger partial charge in [0.25, 0.3) is 0 Å². The fraction of sp³-hybridized carbons (Fsp3) is 0.830. The molecule has 0 aliphatic carbocycles. The number of allylic oxidation sites excluding steroid dienone is 6. The van der Waals surface area contributed by atoms with E-state index in [0.717, 1.165) is 44.9 Å². The summed E-state index contributed by atoms with van der Waals surface area (Å²) in [7, 11) is 0. The summed E-state index contributed by atoms with van der Waals surface area (Å²) in [5.74, 6) is -0.875. The van der Waals surface area contributed by atoms with Crippen LogP contribution in [-0.4, -0.2) is 89.0 Å². The van der Waals surface area contributed by atoms with Crippen LogP contribution < -0.4 is 0 Å². The fourth-order valence-corrected chi connectivity index (χ4v) is 6.81. The maximum absolute atomic E-state index is 12.8. The summed E-state index contributed by atoms with van der Waals surface area (Å²) in [4.78, 5) is 25.3. The first-order valence-electron chi connectivity index (χ1n) is 23.1. The van der Waals surface area contributed by atoms with E-state index in [9.17, 15) is 30.0 Å². The molecule has 1 aliphatic rings. The molecule has 0 spiro atoms. The van der Waals surface area contributed by atoms with E-state index in [0.29, 0.717) is 12.8 Å². The molecule has 4 N–H and O–H groups in total. The Hall–Kier alpha value is -2.08. The average molecular weight is 809 g/mol. The monoisotopic (exact) mass is 809 g/mol. The Balaban J connectivity index is 2.36. The van der Waals surface area contributed by atoms with Gasteiger partial charge >= 0.3 is 11.9 Å². The zero-order valence-corrected chi connectivity index (χ0v) is 36.1. The van der Waals surface area contributed by atoms with Crippen LogP contribution in [-0.2, 0) is 28.5 Å². The Labute approximate surface area is 346 Å². The summed E-state index contributed by atoms with van der Waals surface area (Å²) in [6.45, 7) is 3.37. The molecule has 10 nitrogen and oxygen atoms in total. The molecule has 1 rings (SSSR count). The van der Waals surface area contributed by atoms with Gasteiger partial charge in [-0.25, -0.2) is 0 Å². The summed E-state index contributed by atoms with van der Waals surface area (Å²) in [5.41, 5.74) is 0. The molecule has 0 aromatic carbocycles. The van der Waals surface area contributed by atoms with Gasteiger partial charge < -0.3 is 39.4 Å². The molecule has 1 saturated heterocycles. The molecule has 1 aliphatic heterocycles. The number of hydrogen-bond acceptors (Lipinski definition) is 10. The van der Waals surface area contributed by atoms with Gasteiger partial charge in [-0.05, 0) is 64.2 Å². The second-order valence-corrected chi connectivity index (χ2v) is 15.8. The van der Waals surface area contributed by atoms with Gasteiger partial charge in [-0.3, -0.25) is 9.59 Å². The van der Waals surface area contributed by atoms with Crippen LogP contribution in [0.5, 0.6) is 0 Å². The smallest absolute Gasteiger partial charge is 0.306 e. The van der Waals surface area contributed by atoms with Crippen molar-refractivity contribution in [1.29, 1.82) is 0 Å². The van der Waals surface area contributed by atoms with Crippen LogP contribution in [0.4, 0.5) is 0 Å². The SMILES string of the molecule is CCCCCCCCCC/C=C/CCCCCC(=O)OC[C@H](CO[C@@H]1O[C@H](CO)[C@H](O)C(O)C1O)OC(=O)CCC/C=C/C/C=C/CCCCCCCCCCC. The second-order valence-electron chi connectivity index (χ2n) is 15.8. The summed E-state index contributed by atoms with van der Waals surface area (Å²) in [5, 5.41) is 40.1. The normalized spacial score (nSPS) is 20.6.